The first-order chi connectivity index (χ1) is 8.54. The maximum absolute atomic E-state index is 11.9. The van der Waals surface area contributed by atoms with Gasteiger partial charge in [-0.15, -0.1) is 0 Å². The van der Waals surface area contributed by atoms with Gasteiger partial charge in [-0.3, -0.25) is 4.79 Å². The van der Waals surface area contributed by atoms with Crippen LogP contribution in [0, 0.1) is 12.8 Å². The van der Waals surface area contributed by atoms with Gasteiger partial charge in [-0.05, 0) is 38.8 Å². The van der Waals surface area contributed by atoms with Crippen LogP contribution in [-0.2, 0) is 4.79 Å². The molecule has 0 aromatic heterocycles. The molecule has 0 heterocycles. The van der Waals surface area contributed by atoms with Crippen molar-refractivity contribution in [3.05, 3.63) is 35.4 Å². The standard InChI is InChI=1S/C15H24N2O/c1-11-6-8-14(9-7-11)13(3)17-15(18)12(2)5-4-10-16/h6-9,12-13H,4-5,10,16H2,1-3H3,(H,17,18)/t12?,13-/m0/s1. The van der Waals surface area contributed by atoms with Crippen molar-refractivity contribution in [2.75, 3.05) is 6.54 Å². The number of hydrogen-bond donors (Lipinski definition) is 2. The van der Waals surface area contributed by atoms with E-state index in [0.717, 1.165) is 18.4 Å². The Kier molecular flexibility index (Phi) is 5.86. The molecule has 0 fully saturated rings. The minimum absolute atomic E-state index is 0.0291. The highest BCUT2D eigenvalue weighted by molar-refractivity contribution is 5.78. The van der Waals surface area contributed by atoms with Gasteiger partial charge < -0.3 is 11.1 Å². The number of benzene rings is 1. The van der Waals surface area contributed by atoms with Crippen molar-refractivity contribution in [3.63, 3.8) is 0 Å². The van der Waals surface area contributed by atoms with Crippen LogP contribution in [0.5, 0.6) is 0 Å². The molecule has 1 aromatic rings. The average Bonchev–Trinajstić information content (AvgIpc) is 2.36. The van der Waals surface area contributed by atoms with Crippen molar-refractivity contribution in [3.8, 4) is 0 Å². The van der Waals surface area contributed by atoms with Crippen molar-refractivity contribution >= 4 is 5.91 Å². The van der Waals surface area contributed by atoms with E-state index in [0.29, 0.717) is 6.54 Å². The van der Waals surface area contributed by atoms with Gasteiger partial charge in [0.1, 0.15) is 0 Å². The van der Waals surface area contributed by atoms with E-state index in [4.69, 9.17) is 5.73 Å². The molecular formula is C15H24N2O. The number of carbonyl (C=O) groups excluding carboxylic acids is 1. The summed E-state index contributed by atoms with van der Waals surface area (Å²) in [6, 6.07) is 8.31. The Bertz CT molecular complexity index is 373. The predicted molar refractivity (Wildman–Crippen MR) is 75.2 cm³/mol. The lowest BCUT2D eigenvalue weighted by molar-refractivity contribution is -0.125. The van der Waals surface area contributed by atoms with Gasteiger partial charge in [0.2, 0.25) is 5.91 Å². The van der Waals surface area contributed by atoms with Gasteiger partial charge in [-0.2, -0.15) is 0 Å². The Hall–Kier alpha value is -1.35. The molecule has 100 valence electrons. The number of amides is 1. The maximum Gasteiger partial charge on any atom is 0.223 e. The molecule has 3 heteroatoms. The van der Waals surface area contributed by atoms with Crippen LogP contribution in [0.2, 0.25) is 0 Å². The number of hydrogen-bond acceptors (Lipinski definition) is 2. The van der Waals surface area contributed by atoms with Crippen LogP contribution < -0.4 is 11.1 Å². The predicted octanol–water partition coefficient (Wildman–Crippen LogP) is 2.55. The fourth-order valence-electron chi connectivity index (χ4n) is 1.85. The molecule has 1 aromatic carbocycles. The molecule has 3 nitrogen and oxygen atoms in total. The topological polar surface area (TPSA) is 55.1 Å². The number of aryl methyl sites for hydroxylation is 1. The van der Waals surface area contributed by atoms with Crippen molar-refractivity contribution < 1.29 is 4.79 Å². The lowest BCUT2D eigenvalue weighted by atomic mass is 10.0. The van der Waals surface area contributed by atoms with Crippen molar-refractivity contribution in [1.82, 2.24) is 5.32 Å². The van der Waals surface area contributed by atoms with Crippen molar-refractivity contribution in [2.45, 2.75) is 39.7 Å². The zero-order valence-electron chi connectivity index (χ0n) is 11.6. The molecular weight excluding hydrogens is 224 g/mol. The van der Waals surface area contributed by atoms with Crippen LogP contribution >= 0.6 is 0 Å². The van der Waals surface area contributed by atoms with Crippen LogP contribution in [0.1, 0.15) is 43.9 Å². The van der Waals surface area contributed by atoms with E-state index in [2.05, 4.69) is 36.5 Å². The summed E-state index contributed by atoms with van der Waals surface area (Å²) < 4.78 is 0. The summed E-state index contributed by atoms with van der Waals surface area (Å²) in [4.78, 5) is 11.9. The molecule has 0 aliphatic carbocycles. The normalized spacial score (nSPS) is 14.0. The first-order valence-electron chi connectivity index (χ1n) is 6.61. The molecule has 0 saturated carbocycles. The molecule has 0 bridgehead atoms. The Labute approximate surface area is 110 Å². The number of rotatable bonds is 6. The van der Waals surface area contributed by atoms with E-state index in [1.54, 1.807) is 0 Å². The first-order valence-corrected chi connectivity index (χ1v) is 6.61. The minimum Gasteiger partial charge on any atom is -0.349 e. The van der Waals surface area contributed by atoms with Gasteiger partial charge >= 0.3 is 0 Å². The van der Waals surface area contributed by atoms with Gasteiger partial charge in [0.15, 0.2) is 0 Å². The Balaban J connectivity index is 2.51. The largest absolute Gasteiger partial charge is 0.349 e. The van der Waals surface area contributed by atoms with Crippen LogP contribution in [0.4, 0.5) is 0 Å². The average molecular weight is 248 g/mol. The highest BCUT2D eigenvalue weighted by Crippen LogP contribution is 2.14. The zero-order chi connectivity index (χ0) is 13.5. The fourth-order valence-corrected chi connectivity index (χ4v) is 1.85. The molecule has 0 spiro atoms. The smallest absolute Gasteiger partial charge is 0.223 e. The summed E-state index contributed by atoms with van der Waals surface area (Å²) >= 11 is 0. The molecule has 0 radical (unpaired) electrons. The van der Waals surface area contributed by atoms with E-state index >= 15 is 0 Å². The van der Waals surface area contributed by atoms with Gasteiger partial charge in [0.25, 0.3) is 0 Å². The van der Waals surface area contributed by atoms with E-state index in [1.165, 1.54) is 5.56 Å². The van der Waals surface area contributed by atoms with Crippen LogP contribution in [0.25, 0.3) is 0 Å². The second-order valence-corrected chi connectivity index (χ2v) is 4.97. The van der Waals surface area contributed by atoms with E-state index < -0.39 is 0 Å². The van der Waals surface area contributed by atoms with Crippen molar-refractivity contribution in [1.29, 1.82) is 0 Å². The summed E-state index contributed by atoms with van der Waals surface area (Å²) in [5, 5.41) is 3.04. The van der Waals surface area contributed by atoms with Gasteiger partial charge in [0.05, 0.1) is 6.04 Å². The SMILES string of the molecule is Cc1ccc([C@H](C)NC(=O)C(C)CCCN)cc1. The molecule has 1 unspecified atom stereocenters. The number of carbonyl (C=O) groups is 1. The minimum atomic E-state index is 0.0291. The van der Waals surface area contributed by atoms with E-state index in [-0.39, 0.29) is 17.9 Å². The Morgan fingerprint density at radius 1 is 1.28 bits per heavy atom. The number of nitrogens with two attached hydrogens (primary N) is 1. The third-order valence-electron chi connectivity index (χ3n) is 3.22. The highest BCUT2D eigenvalue weighted by Gasteiger charge is 2.15. The zero-order valence-corrected chi connectivity index (χ0v) is 11.6. The Morgan fingerprint density at radius 3 is 2.44 bits per heavy atom. The molecule has 18 heavy (non-hydrogen) atoms. The third kappa shape index (κ3) is 4.49. The molecule has 3 N–H and O–H groups in total. The number of nitrogens with one attached hydrogen (secondary N) is 1. The van der Waals surface area contributed by atoms with Crippen LogP contribution in [0.3, 0.4) is 0 Å². The lowest BCUT2D eigenvalue weighted by Crippen LogP contribution is -2.31. The second-order valence-electron chi connectivity index (χ2n) is 4.97. The first kappa shape index (κ1) is 14.7. The summed E-state index contributed by atoms with van der Waals surface area (Å²) in [7, 11) is 0. The molecule has 1 amide bonds. The molecule has 2 atom stereocenters. The summed E-state index contributed by atoms with van der Waals surface area (Å²) in [5.41, 5.74) is 7.82. The quantitative estimate of drug-likeness (QED) is 0.813. The van der Waals surface area contributed by atoms with Gasteiger partial charge in [-0.1, -0.05) is 36.8 Å². The van der Waals surface area contributed by atoms with Gasteiger partial charge in [0, 0.05) is 5.92 Å². The highest BCUT2D eigenvalue weighted by atomic mass is 16.1. The summed E-state index contributed by atoms with van der Waals surface area (Å²) in [6.07, 6.45) is 1.75. The maximum atomic E-state index is 11.9. The molecule has 0 aliphatic heterocycles. The lowest BCUT2D eigenvalue weighted by Gasteiger charge is -2.18. The molecule has 0 saturated heterocycles. The van der Waals surface area contributed by atoms with E-state index in [1.807, 2.05) is 13.8 Å². The Morgan fingerprint density at radius 2 is 1.89 bits per heavy atom. The van der Waals surface area contributed by atoms with Crippen LogP contribution in [0.15, 0.2) is 24.3 Å². The monoisotopic (exact) mass is 248 g/mol. The summed E-state index contributed by atoms with van der Waals surface area (Å²) in [5.74, 6) is 0.137. The summed E-state index contributed by atoms with van der Waals surface area (Å²) in [6.45, 7) is 6.66. The second kappa shape index (κ2) is 7.17. The van der Waals surface area contributed by atoms with E-state index in [9.17, 15) is 4.79 Å². The van der Waals surface area contributed by atoms with Crippen molar-refractivity contribution in [2.24, 2.45) is 11.7 Å². The molecule has 0 aliphatic rings. The molecule has 1 rings (SSSR count). The fraction of sp³-hybridized carbons (Fsp3) is 0.533. The van der Waals surface area contributed by atoms with Crippen LogP contribution in [-0.4, -0.2) is 12.5 Å². The van der Waals surface area contributed by atoms with Gasteiger partial charge in [-0.25, -0.2) is 0 Å². The third-order valence-corrected chi connectivity index (χ3v) is 3.22.